The molecule has 1 aromatic heterocycles. The van der Waals surface area contributed by atoms with Gasteiger partial charge >= 0.3 is 0 Å². The van der Waals surface area contributed by atoms with Crippen molar-refractivity contribution >= 4 is 60.5 Å². The Morgan fingerprint density at radius 3 is 1.37 bits per heavy atom. The Morgan fingerprint density at radius 1 is 0.339 bits per heavy atom. The third-order valence-corrected chi connectivity index (χ3v) is 12.9. The summed E-state index contributed by atoms with van der Waals surface area (Å²) in [6.45, 7) is 6.77. The highest BCUT2D eigenvalue weighted by molar-refractivity contribution is 6.15. The van der Waals surface area contributed by atoms with E-state index in [9.17, 15) is 0 Å². The zero-order chi connectivity index (χ0) is 41.5. The molecule has 0 bridgehead atoms. The number of benzene rings is 10. The molecule has 0 fully saturated rings. The molecule has 62 heavy (non-hydrogen) atoms. The minimum absolute atomic E-state index is 0.0762. The third kappa shape index (κ3) is 5.79. The van der Waals surface area contributed by atoms with Gasteiger partial charge in [0.1, 0.15) is 5.58 Å². The van der Waals surface area contributed by atoms with Gasteiger partial charge in [0.2, 0.25) is 0 Å². The highest BCUT2D eigenvalue weighted by atomic mass is 16.3. The second-order valence-corrected chi connectivity index (χ2v) is 17.7. The normalized spacial score (nSPS) is 12.1. The zero-order valence-electron chi connectivity index (χ0n) is 35.0. The van der Waals surface area contributed by atoms with E-state index in [0.717, 1.165) is 50.1 Å². The molecule has 2 nitrogen and oxygen atoms in total. The number of hydrogen-bond donors (Lipinski definition) is 0. The summed E-state index contributed by atoms with van der Waals surface area (Å²) in [5.74, 6) is 0. The lowest BCUT2D eigenvalue weighted by molar-refractivity contribution is 0.573. The van der Waals surface area contributed by atoms with Gasteiger partial charge in [-0.1, -0.05) is 166 Å². The lowest BCUT2D eigenvalue weighted by Gasteiger charge is -2.29. The predicted octanol–water partition coefficient (Wildman–Crippen LogP) is 17.3. The highest BCUT2D eigenvalue weighted by Crippen LogP contribution is 2.52. The van der Waals surface area contributed by atoms with Crippen LogP contribution in [0, 0.1) is 0 Å². The zero-order valence-corrected chi connectivity index (χ0v) is 35.0. The van der Waals surface area contributed by atoms with Crippen LogP contribution in [0.1, 0.15) is 26.3 Å². The summed E-state index contributed by atoms with van der Waals surface area (Å²) in [5, 5.41) is 7.18. The van der Waals surface area contributed by atoms with E-state index in [1.54, 1.807) is 0 Å². The number of anilines is 3. The van der Waals surface area contributed by atoms with E-state index in [2.05, 4.69) is 232 Å². The molecule has 0 N–H and O–H groups in total. The van der Waals surface area contributed by atoms with Crippen molar-refractivity contribution in [2.45, 2.75) is 26.2 Å². The van der Waals surface area contributed by atoms with Crippen LogP contribution in [0.4, 0.5) is 17.1 Å². The average Bonchev–Trinajstić information content (AvgIpc) is 3.70. The number of rotatable bonds is 6. The van der Waals surface area contributed by atoms with Crippen LogP contribution in [0.5, 0.6) is 0 Å². The number of fused-ring (bicyclic) bond motifs is 9. The fourth-order valence-corrected chi connectivity index (χ4v) is 9.83. The van der Waals surface area contributed by atoms with Crippen molar-refractivity contribution < 1.29 is 4.42 Å². The second-order valence-electron chi connectivity index (χ2n) is 17.7. The summed E-state index contributed by atoms with van der Waals surface area (Å²) in [6, 6.07) is 75.4. The first-order valence-electron chi connectivity index (χ1n) is 21.6. The molecule has 0 unspecified atom stereocenters. The van der Waals surface area contributed by atoms with E-state index in [-0.39, 0.29) is 5.41 Å². The molecule has 1 aliphatic carbocycles. The molecular formula is C60H43NO. The highest BCUT2D eigenvalue weighted by Gasteiger charge is 2.27. The van der Waals surface area contributed by atoms with Crippen LogP contribution in [0.25, 0.3) is 99.1 Å². The minimum atomic E-state index is -0.0762. The van der Waals surface area contributed by atoms with Crippen molar-refractivity contribution in [3.63, 3.8) is 0 Å². The molecule has 0 spiro atoms. The Morgan fingerprint density at radius 2 is 0.790 bits per heavy atom. The molecule has 0 amide bonds. The van der Waals surface area contributed by atoms with E-state index in [4.69, 9.17) is 4.42 Å². The number of para-hydroxylation sites is 3. The maximum atomic E-state index is 7.04. The van der Waals surface area contributed by atoms with E-state index in [1.165, 1.54) is 71.6 Å². The van der Waals surface area contributed by atoms with Crippen LogP contribution >= 0.6 is 0 Å². The Bertz CT molecular complexity index is 3540. The van der Waals surface area contributed by atoms with Gasteiger partial charge in [-0.3, -0.25) is 0 Å². The largest absolute Gasteiger partial charge is 0.454 e. The molecule has 2 heteroatoms. The molecule has 0 aliphatic heterocycles. The topological polar surface area (TPSA) is 16.4 Å². The van der Waals surface area contributed by atoms with Crippen molar-refractivity contribution in [1.82, 2.24) is 0 Å². The molecular weight excluding hydrogens is 751 g/mol. The molecule has 10 aromatic carbocycles. The summed E-state index contributed by atoms with van der Waals surface area (Å²) in [7, 11) is 0. The van der Waals surface area contributed by atoms with Crippen molar-refractivity contribution in [2.75, 3.05) is 4.90 Å². The predicted molar refractivity (Wildman–Crippen MR) is 263 cm³/mol. The van der Waals surface area contributed by atoms with Gasteiger partial charge in [0.05, 0.1) is 11.4 Å². The van der Waals surface area contributed by atoms with Gasteiger partial charge in [-0.05, 0) is 138 Å². The van der Waals surface area contributed by atoms with Crippen LogP contribution in [0.2, 0.25) is 0 Å². The summed E-state index contributed by atoms with van der Waals surface area (Å²) < 4.78 is 7.04. The van der Waals surface area contributed by atoms with Crippen molar-refractivity contribution in [3.05, 3.63) is 212 Å². The summed E-state index contributed by atoms with van der Waals surface area (Å²) in [4.78, 5) is 2.40. The van der Waals surface area contributed by atoms with Crippen LogP contribution in [0.15, 0.2) is 211 Å². The van der Waals surface area contributed by atoms with Gasteiger partial charge in [-0.2, -0.15) is 0 Å². The van der Waals surface area contributed by atoms with Crippen LogP contribution in [-0.2, 0) is 5.41 Å². The Kier molecular flexibility index (Phi) is 8.14. The smallest absolute Gasteiger partial charge is 0.159 e. The van der Waals surface area contributed by atoms with Crippen molar-refractivity contribution in [3.8, 4) is 55.6 Å². The quantitative estimate of drug-likeness (QED) is 0.167. The Hall–Kier alpha value is -7.68. The molecule has 294 valence electrons. The van der Waals surface area contributed by atoms with Gasteiger partial charge in [0, 0.05) is 27.6 Å². The SMILES string of the molecule is CC(C)(C)c1cccc2c1oc1c(N(c3ccc4cc5c(cc4c3)-c3cc4cc(-c6ccccc6)c(-c6ccccc6)cc4cc3-5)c3ccccc3-c3ccccc3)cccc12. The molecule has 0 radical (unpaired) electrons. The maximum Gasteiger partial charge on any atom is 0.159 e. The molecule has 1 heterocycles. The van der Waals surface area contributed by atoms with E-state index < -0.39 is 0 Å². The van der Waals surface area contributed by atoms with Crippen LogP contribution in [0.3, 0.4) is 0 Å². The van der Waals surface area contributed by atoms with Gasteiger partial charge in [-0.15, -0.1) is 0 Å². The molecule has 0 atom stereocenters. The number of furan rings is 1. The van der Waals surface area contributed by atoms with Crippen LogP contribution in [-0.4, -0.2) is 0 Å². The molecule has 0 saturated carbocycles. The Balaban J connectivity index is 1.03. The summed E-state index contributed by atoms with van der Waals surface area (Å²) in [5.41, 5.74) is 18.6. The molecule has 1 aliphatic rings. The number of hydrogen-bond acceptors (Lipinski definition) is 2. The van der Waals surface area contributed by atoms with E-state index >= 15 is 0 Å². The Labute approximate surface area is 362 Å². The first-order valence-corrected chi connectivity index (χ1v) is 21.6. The fraction of sp³-hybridized carbons (Fsp3) is 0.0667. The molecule has 0 saturated heterocycles. The minimum Gasteiger partial charge on any atom is -0.454 e. The van der Waals surface area contributed by atoms with E-state index in [1.807, 2.05) is 0 Å². The summed E-state index contributed by atoms with van der Waals surface area (Å²) in [6.07, 6.45) is 0. The van der Waals surface area contributed by atoms with Crippen molar-refractivity contribution in [2.24, 2.45) is 0 Å². The lowest BCUT2D eigenvalue weighted by Crippen LogP contribution is -2.11. The lowest BCUT2D eigenvalue weighted by atomic mass is 9.77. The fourth-order valence-electron chi connectivity index (χ4n) is 9.83. The molecule has 11 aromatic rings. The first kappa shape index (κ1) is 36.2. The average molecular weight is 794 g/mol. The second kappa shape index (κ2) is 13.9. The van der Waals surface area contributed by atoms with Gasteiger partial charge < -0.3 is 9.32 Å². The maximum absolute atomic E-state index is 7.04. The van der Waals surface area contributed by atoms with E-state index in [0.29, 0.717) is 0 Å². The first-order chi connectivity index (χ1) is 30.4. The van der Waals surface area contributed by atoms with Crippen molar-refractivity contribution in [1.29, 1.82) is 0 Å². The summed E-state index contributed by atoms with van der Waals surface area (Å²) >= 11 is 0. The van der Waals surface area contributed by atoms with Gasteiger partial charge in [-0.25, -0.2) is 0 Å². The van der Waals surface area contributed by atoms with Gasteiger partial charge in [0.15, 0.2) is 5.58 Å². The number of nitrogens with zero attached hydrogens (tertiary/aromatic N) is 1. The third-order valence-electron chi connectivity index (χ3n) is 12.9. The van der Waals surface area contributed by atoms with Gasteiger partial charge in [0.25, 0.3) is 0 Å². The van der Waals surface area contributed by atoms with Crippen LogP contribution < -0.4 is 4.90 Å². The monoisotopic (exact) mass is 793 g/mol. The standard InChI is InChI=1S/C60H43NO/c1-60(2,3)55-26-15-24-47-48-25-16-28-57(59(48)62-58(47)55)61(56-27-14-13-23-46(56)38-17-7-4-8-18-38)45-30-29-41-32-51-52(35-42(41)31-45)54-37-44-34-50(40-21-11-6-12-22-40)49(33-43(44)36-53(51)54)39-19-9-5-10-20-39/h4-37H,1-3H3. The molecule has 12 rings (SSSR count).